The number of halogens is 1. The highest BCUT2D eigenvalue weighted by Crippen LogP contribution is 2.41. The second kappa shape index (κ2) is 8.27. The van der Waals surface area contributed by atoms with Crippen molar-refractivity contribution < 1.29 is 28.6 Å². The second-order valence-corrected chi connectivity index (χ2v) is 10.2. The van der Waals surface area contributed by atoms with Crippen LogP contribution in [0.25, 0.3) is 0 Å². The summed E-state index contributed by atoms with van der Waals surface area (Å²) in [5.41, 5.74) is 1.97. The molecule has 3 aliphatic heterocycles. The zero-order valence-corrected chi connectivity index (χ0v) is 19.5. The molecule has 2 aromatic rings. The number of carboxylic acid groups (broad SMARTS) is 1. The molecule has 0 aromatic heterocycles. The number of likely N-dealkylation sites (tertiary alicyclic amines) is 1. The van der Waals surface area contributed by atoms with Crippen LogP contribution in [0.4, 0.5) is 14.9 Å². The highest BCUT2D eigenvalue weighted by molar-refractivity contribution is 5.92. The van der Waals surface area contributed by atoms with Crippen molar-refractivity contribution in [2.45, 2.75) is 50.7 Å². The predicted molar refractivity (Wildman–Crippen MR) is 124 cm³/mol. The average molecular weight is 469 g/mol. The van der Waals surface area contributed by atoms with Gasteiger partial charge in [0.05, 0.1) is 18.7 Å². The van der Waals surface area contributed by atoms with Crippen LogP contribution in [0.5, 0.6) is 5.75 Å². The van der Waals surface area contributed by atoms with Gasteiger partial charge in [0.25, 0.3) is 0 Å². The number of rotatable bonds is 4. The van der Waals surface area contributed by atoms with Gasteiger partial charge in [-0.25, -0.2) is 14.0 Å². The van der Waals surface area contributed by atoms with Gasteiger partial charge in [0.2, 0.25) is 0 Å². The Morgan fingerprint density at radius 2 is 1.82 bits per heavy atom. The molecule has 1 spiro atoms. The summed E-state index contributed by atoms with van der Waals surface area (Å²) >= 11 is 0. The number of amides is 1. The lowest BCUT2D eigenvalue weighted by atomic mass is 9.79. The van der Waals surface area contributed by atoms with Crippen molar-refractivity contribution in [2.24, 2.45) is 0 Å². The summed E-state index contributed by atoms with van der Waals surface area (Å²) in [4.78, 5) is 27.5. The molecule has 7 nitrogen and oxygen atoms in total. The lowest BCUT2D eigenvalue weighted by Gasteiger charge is -2.38. The summed E-state index contributed by atoms with van der Waals surface area (Å²) in [6.07, 6.45) is 1.82. The lowest BCUT2D eigenvalue weighted by Crippen LogP contribution is -2.46. The van der Waals surface area contributed by atoms with Gasteiger partial charge in [0, 0.05) is 43.7 Å². The molecule has 0 bridgehead atoms. The van der Waals surface area contributed by atoms with Gasteiger partial charge < -0.3 is 14.6 Å². The number of carbonyl (C=O) groups is 2. The van der Waals surface area contributed by atoms with E-state index in [0.29, 0.717) is 44.0 Å². The minimum Gasteiger partial charge on any atom is -0.490 e. The highest BCUT2D eigenvalue weighted by atomic mass is 19.1. The Kier molecular flexibility index (Phi) is 5.51. The van der Waals surface area contributed by atoms with Crippen molar-refractivity contribution in [3.05, 3.63) is 58.9 Å². The zero-order valence-electron chi connectivity index (χ0n) is 19.5. The number of hydrogen-bond acceptors (Lipinski definition) is 5. The van der Waals surface area contributed by atoms with E-state index in [1.807, 2.05) is 0 Å². The molecule has 0 aliphatic carbocycles. The van der Waals surface area contributed by atoms with Gasteiger partial charge in [-0.1, -0.05) is 19.9 Å². The van der Waals surface area contributed by atoms with E-state index in [-0.39, 0.29) is 16.8 Å². The van der Waals surface area contributed by atoms with Gasteiger partial charge in [-0.3, -0.25) is 9.80 Å². The first-order chi connectivity index (χ1) is 16.2. The fraction of sp³-hybridized carbons (Fsp3) is 0.462. The molecule has 5 rings (SSSR count). The van der Waals surface area contributed by atoms with E-state index in [1.54, 1.807) is 23.1 Å². The van der Waals surface area contributed by atoms with Gasteiger partial charge in [-0.15, -0.1) is 0 Å². The molecule has 2 aromatic carbocycles. The summed E-state index contributed by atoms with van der Waals surface area (Å²) in [5, 5.41) is 9.08. The Labute approximate surface area is 198 Å². The van der Waals surface area contributed by atoms with Crippen molar-refractivity contribution in [1.29, 1.82) is 0 Å². The number of nitrogens with zero attached hydrogens (tertiary/aromatic N) is 2. The minimum atomic E-state index is -1.01. The maximum atomic E-state index is 14.7. The molecular formula is C26H29FN2O5. The van der Waals surface area contributed by atoms with E-state index in [0.717, 1.165) is 30.6 Å². The number of aromatic carboxylic acids is 1. The first kappa shape index (κ1) is 22.7. The highest BCUT2D eigenvalue weighted by Gasteiger charge is 2.47. The van der Waals surface area contributed by atoms with Gasteiger partial charge in [0.1, 0.15) is 5.60 Å². The van der Waals surface area contributed by atoms with Crippen molar-refractivity contribution in [3.8, 4) is 5.75 Å². The van der Waals surface area contributed by atoms with E-state index >= 15 is 0 Å². The Balaban J connectivity index is 1.24. The van der Waals surface area contributed by atoms with Crippen LogP contribution in [0.15, 0.2) is 36.4 Å². The normalized spacial score (nSPS) is 21.1. The molecule has 0 atom stereocenters. The molecule has 1 amide bonds. The van der Waals surface area contributed by atoms with Gasteiger partial charge in [-0.05, 0) is 47.7 Å². The third-order valence-corrected chi connectivity index (χ3v) is 7.38. The monoisotopic (exact) mass is 468 g/mol. The maximum Gasteiger partial charge on any atom is 0.415 e. The van der Waals surface area contributed by atoms with E-state index in [9.17, 15) is 14.0 Å². The number of ether oxygens (including phenoxy) is 2. The van der Waals surface area contributed by atoms with Gasteiger partial charge >= 0.3 is 12.1 Å². The summed E-state index contributed by atoms with van der Waals surface area (Å²) in [5.74, 6) is -0.927. The molecule has 0 saturated carbocycles. The quantitative estimate of drug-likeness (QED) is 0.708. The molecule has 3 heterocycles. The maximum absolute atomic E-state index is 14.7. The topological polar surface area (TPSA) is 79.3 Å². The number of benzene rings is 2. The summed E-state index contributed by atoms with van der Waals surface area (Å²) in [6.45, 7) is 7.31. The number of carbonyl (C=O) groups excluding carboxylic acids is 1. The Hall–Kier alpha value is -3.13. The van der Waals surface area contributed by atoms with Crippen LogP contribution in [0, 0.1) is 5.82 Å². The van der Waals surface area contributed by atoms with Crippen LogP contribution >= 0.6 is 0 Å². The van der Waals surface area contributed by atoms with Crippen LogP contribution in [0.2, 0.25) is 0 Å². The fourth-order valence-electron chi connectivity index (χ4n) is 5.18. The van der Waals surface area contributed by atoms with Crippen LogP contribution in [-0.2, 0) is 16.7 Å². The first-order valence-corrected chi connectivity index (χ1v) is 11.7. The number of piperidine rings is 1. The third kappa shape index (κ3) is 4.11. The van der Waals surface area contributed by atoms with Crippen molar-refractivity contribution in [3.63, 3.8) is 0 Å². The molecule has 180 valence electrons. The van der Waals surface area contributed by atoms with Crippen LogP contribution in [0.3, 0.4) is 0 Å². The first-order valence-electron chi connectivity index (χ1n) is 11.7. The van der Waals surface area contributed by atoms with Gasteiger partial charge in [0.15, 0.2) is 11.6 Å². The van der Waals surface area contributed by atoms with Crippen LogP contribution in [-0.4, -0.2) is 53.9 Å². The molecule has 0 unspecified atom stereocenters. The molecule has 2 fully saturated rings. The summed E-state index contributed by atoms with van der Waals surface area (Å²) in [7, 11) is 0. The standard InChI is InChI=1S/C26H29FN2O5/c1-25(2)9-12-33-22-20(25)13-17(14-21(22)27)15-28-10-7-26(8-11-28)16-29(24(32)34-26)19-5-3-18(4-6-19)23(30)31/h3-6,13-14H,7-12,15-16H2,1-2H3,(H,30,31). The Bertz CT molecular complexity index is 1120. The number of fused-ring (bicyclic) bond motifs is 1. The number of anilines is 1. The van der Waals surface area contributed by atoms with E-state index in [1.165, 1.54) is 12.1 Å². The minimum absolute atomic E-state index is 0.124. The molecular weight excluding hydrogens is 439 g/mol. The number of carboxylic acids is 1. The molecule has 34 heavy (non-hydrogen) atoms. The van der Waals surface area contributed by atoms with Crippen LogP contribution in [0.1, 0.15) is 54.6 Å². The van der Waals surface area contributed by atoms with E-state index in [4.69, 9.17) is 14.6 Å². The molecule has 1 N–H and O–H groups in total. The predicted octanol–water partition coefficient (Wildman–Crippen LogP) is 4.58. The van der Waals surface area contributed by atoms with Crippen LogP contribution < -0.4 is 9.64 Å². The lowest BCUT2D eigenvalue weighted by molar-refractivity contribution is -0.00101. The largest absolute Gasteiger partial charge is 0.490 e. The van der Waals surface area contributed by atoms with E-state index < -0.39 is 17.7 Å². The fourth-order valence-corrected chi connectivity index (χ4v) is 5.18. The van der Waals surface area contributed by atoms with Gasteiger partial charge in [-0.2, -0.15) is 0 Å². The Morgan fingerprint density at radius 3 is 2.50 bits per heavy atom. The molecule has 0 radical (unpaired) electrons. The van der Waals surface area contributed by atoms with Crippen molar-refractivity contribution in [1.82, 2.24) is 4.90 Å². The summed E-state index contributed by atoms with van der Waals surface area (Å²) < 4.78 is 26.2. The SMILES string of the molecule is CC1(C)CCOc2c(F)cc(CN3CCC4(CC3)CN(c3ccc(C(=O)O)cc3)C(=O)O4)cc21. The Morgan fingerprint density at radius 1 is 1.12 bits per heavy atom. The second-order valence-electron chi connectivity index (χ2n) is 10.2. The van der Waals surface area contributed by atoms with E-state index in [2.05, 4.69) is 24.8 Å². The number of hydrogen-bond donors (Lipinski definition) is 1. The molecule has 3 aliphatic rings. The van der Waals surface area contributed by atoms with Crippen molar-refractivity contribution >= 4 is 17.7 Å². The molecule has 8 heteroatoms. The average Bonchev–Trinajstić information content (AvgIpc) is 3.12. The molecule has 2 saturated heterocycles. The zero-order chi connectivity index (χ0) is 24.1. The summed E-state index contributed by atoms with van der Waals surface area (Å²) in [6, 6.07) is 9.89. The third-order valence-electron chi connectivity index (χ3n) is 7.38. The van der Waals surface area contributed by atoms with Crippen molar-refractivity contribution in [2.75, 3.05) is 31.1 Å². The smallest absolute Gasteiger partial charge is 0.415 e.